The molecule has 0 unspecified atom stereocenters. The number of nitrogens with zero attached hydrogens (tertiary/aromatic N) is 1. The molecular formula is C29H20ClNO7. The largest absolute Gasteiger partial charge is 0.462 e. The molecule has 0 saturated carbocycles. The SMILES string of the molecule is CCOC(=O)c1ccc(N2[C@H](c3ccc(Cl)cc3)[C@@H]3C(=O)OC(=O)[C@H]3C23C(=O)c2ccccc2C3=O)cc1. The third-order valence-corrected chi connectivity index (χ3v) is 7.76. The van der Waals surface area contributed by atoms with Crippen LogP contribution in [0.5, 0.6) is 0 Å². The molecule has 1 spiro atoms. The lowest BCUT2D eigenvalue weighted by Crippen LogP contribution is -2.59. The van der Waals surface area contributed by atoms with Crippen molar-refractivity contribution in [2.24, 2.45) is 11.8 Å². The number of cyclic esters (lactones) is 2. The Morgan fingerprint density at radius 3 is 2.08 bits per heavy atom. The second-order valence-electron chi connectivity index (χ2n) is 9.35. The van der Waals surface area contributed by atoms with Crippen molar-refractivity contribution in [3.05, 3.63) is 100 Å². The molecule has 2 heterocycles. The third-order valence-electron chi connectivity index (χ3n) is 7.51. The summed E-state index contributed by atoms with van der Waals surface area (Å²) in [5.41, 5.74) is -0.481. The van der Waals surface area contributed by atoms with Crippen molar-refractivity contribution >= 4 is 46.8 Å². The van der Waals surface area contributed by atoms with Crippen LogP contribution in [0.4, 0.5) is 5.69 Å². The molecule has 8 nitrogen and oxygen atoms in total. The highest BCUT2D eigenvalue weighted by Crippen LogP contribution is 2.59. The van der Waals surface area contributed by atoms with Crippen molar-refractivity contribution in [2.75, 3.05) is 11.5 Å². The fourth-order valence-electron chi connectivity index (χ4n) is 6.03. The number of hydrogen-bond acceptors (Lipinski definition) is 8. The van der Waals surface area contributed by atoms with Crippen LogP contribution in [0.1, 0.15) is 49.6 Å². The molecular weight excluding hydrogens is 510 g/mol. The topological polar surface area (TPSA) is 107 Å². The first-order chi connectivity index (χ1) is 18.3. The molecule has 3 aromatic rings. The number of carbonyl (C=O) groups excluding carboxylic acids is 5. The highest BCUT2D eigenvalue weighted by atomic mass is 35.5. The van der Waals surface area contributed by atoms with Crippen molar-refractivity contribution in [1.29, 1.82) is 0 Å². The third kappa shape index (κ3) is 3.13. The van der Waals surface area contributed by atoms with Gasteiger partial charge >= 0.3 is 17.9 Å². The smallest absolute Gasteiger partial charge is 0.338 e. The van der Waals surface area contributed by atoms with E-state index < -0.39 is 52.9 Å². The van der Waals surface area contributed by atoms with Crippen molar-refractivity contribution in [3.63, 3.8) is 0 Å². The molecule has 190 valence electrons. The Balaban J connectivity index is 1.61. The summed E-state index contributed by atoms with van der Waals surface area (Å²) in [6, 6.07) is 18.3. The molecule has 2 saturated heterocycles. The Kier molecular flexibility index (Phi) is 5.47. The summed E-state index contributed by atoms with van der Waals surface area (Å²) in [5.74, 6) is -5.90. The molecule has 1 aliphatic carbocycles. The molecule has 9 heteroatoms. The lowest BCUT2D eigenvalue weighted by Gasteiger charge is -2.39. The fraction of sp³-hybridized carbons (Fsp3) is 0.207. The minimum absolute atomic E-state index is 0.174. The number of anilines is 1. The van der Waals surface area contributed by atoms with E-state index in [-0.39, 0.29) is 23.3 Å². The van der Waals surface area contributed by atoms with Gasteiger partial charge in [0.2, 0.25) is 0 Å². The summed E-state index contributed by atoms with van der Waals surface area (Å²) in [6.07, 6.45) is 0. The monoisotopic (exact) mass is 529 g/mol. The van der Waals surface area contributed by atoms with E-state index in [0.29, 0.717) is 16.3 Å². The molecule has 0 amide bonds. The Hall–Kier alpha value is -4.30. The average Bonchev–Trinajstić information content (AvgIpc) is 3.48. The second-order valence-corrected chi connectivity index (χ2v) is 9.78. The zero-order chi connectivity index (χ0) is 26.8. The normalized spacial score (nSPS) is 23.0. The summed E-state index contributed by atoms with van der Waals surface area (Å²) in [6.45, 7) is 1.89. The minimum atomic E-state index is -2.05. The van der Waals surface area contributed by atoms with Crippen LogP contribution >= 0.6 is 11.6 Å². The van der Waals surface area contributed by atoms with Gasteiger partial charge in [0, 0.05) is 21.8 Å². The number of fused-ring (bicyclic) bond motifs is 3. The van der Waals surface area contributed by atoms with E-state index in [9.17, 15) is 24.0 Å². The summed E-state index contributed by atoms with van der Waals surface area (Å²) < 4.78 is 10.1. The number of ketones is 2. The number of carbonyl (C=O) groups is 5. The molecule has 3 aliphatic rings. The quantitative estimate of drug-likeness (QED) is 0.365. The van der Waals surface area contributed by atoms with Crippen molar-refractivity contribution in [2.45, 2.75) is 18.5 Å². The van der Waals surface area contributed by atoms with Crippen LogP contribution in [0.2, 0.25) is 5.02 Å². The molecule has 2 fully saturated rings. The zero-order valence-electron chi connectivity index (χ0n) is 20.1. The van der Waals surface area contributed by atoms with Gasteiger partial charge in [0.15, 0.2) is 17.1 Å². The first-order valence-corrected chi connectivity index (χ1v) is 12.4. The predicted molar refractivity (Wildman–Crippen MR) is 135 cm³/mol. The molecule has 0 aromatic heterocycles. The molecule has 6 rings (SSSR count). The number of rotatable bonds is 4. The summed E-state index contributed by atoms with van der Waals surface area (Å²) in [4.78, 5) is 68.7. The molecule has 3 atom stereocenters. The molecule has 3 aromatic carbocycles. The van der Waals surface area contributed by atoms with Crippen LogP contribution in [-0.2, 0) is 19.1 Å². The number of esters is 3. The van der Waals surface area contributed by atoms with Gasteiger partial charge in [-0.2, -0.15) is 0 Å². The van der Waals surface area contributed by atoms with Crippen molar-refractivity contribution in [1.82, 2.24) is 0 Å². The van der Waals surface area contributed by atoms with E-state index in [0.717, 1.165) is 0 Å². The van der Waals surface area contributed by atoms with Crippen LogP contribution < -0.4 is 4.90 Å². The maximum atomic E-state index is 14.2. The highest BCUT2D eigenvalue weighted by Gasteiger charge is 2.76. The first kappa shape index (κ1) is 24.1. The number of benzene rings is 3. The van der Waals surface area contributed by atoms with E-state index in [2.05, 4.69) is 0 Å². The van der Waals surface area contributed by atoms with Gasteiger partial charge in [0.05, 0.1) is 24.1 Å². The average molecular weight is 530 g/mol. The Morgan fingerprint density at radius 1 is 0.895 bits per heavy atom. The van der Waals surface area contributed by atoms with E-state index >= 15 is 0 Å². The summed E-state index contributed by atoms with van der Waals surface area (Å²) >= 11 is 6.12. The van der Waals surface area contributed by atoms with Crippen LogP contribution in [0.15, 0.2) is 72.8 Å². The van der Waals surface area contributed by atoms with Gasteiger partial charge in [-0.15, -0.1) is 0 Å². The van der Waals surface area contributed by atoms with Crippen molar-refractivity contribution in [3.8, 4) is 0 Å². The molecule has 2 aliphatic heterocycles. The van der Waals surface area contributed by atoms with Gasteiger partial charge in [-0.3, -0.25) is 19.2 Å². The van der Waals surface area contributed by atoms with Gasteiger partial charge in [-0.25, -0.2) is 4.79 Å². The number of Topliss-reactive ketones (excluding diaryl/α,β-unsaturated/α-hetero) is 2. The first-order valence-electron chi connectivity index (χ1n) is 12.1. The van der Waals surface area contributed by atoms with Crippen LogP contribution in [0.3, 0.4) is 0 Å². The van der Waals surface area contributed by atoms with Crippen LogP contribution in [-0.4, -0.2) is 41.6 Å². The van der Waals surface area contributed by atoms with Gasteiger partial charge < -0.3 is 14.4 Å². The summed E-state index contributed by atoms with van der Waals surface area (Å²) in [5, 5.41) is 0.453. The Morgan fingerprint density at radius 2 is 1.50 bits per heavy atom. The maximum Gasteiger partial charge on any atom is 0.338 e. The standard InChI is InChI=1S/C29H20ClNO7/c1-2-37-26(34)16-9-13-18(14-10-16)31-23(15-7-11-17(30)12-8-15)21-22(28(36)38-27(21)35)29(31)24(32)19-5-3-4-6-20(19)25(29)33/h3-14,21-23H,2H2,1H3/t21-,22+,23-/m1/s1. The highest BCUT2D eigenvalue weighted by molar-refractivity contribution is 6.37. The van der Waals surface area contributed by atoms with Crippen molar-refractivity contribution < 1.29 is 33.4 Å². The Labute approximate surface area is 222 Å². The van der Waals surface area contributed by atoms with Gasteiger partial charge in [0.25, 0.3) is 0 Å². The van der Waals surface area contributed by atoms with Gasteiger partial charge in [-0.1, -0.05) is 48.0 Å². The number of ether oxygens (including phenoxy) is 2. The lowest BCUT2D eigenvalue weighted by atomic mass is 9.76. The van der Waals surface area contributed by atoms with E-state index in [1.54, 1.807) is 72.5 Å². The number of halogens is 1. The maximum absolute atomic E-state index is 14.2. The molecule has 0 bridgehead atoms. The van der Waals surface area contributed by atoms with Crippen LogP contribution in [0, 0.1) is 11.8 Å². The fourth-order valence-corrected chi connectivity index (χ4v) is 6.16. The minimum Gasteiger partial charge on any atom is -0.462 e. The molecule has 0 radical (unpaired) electrons. The predicted octanol–water partition coefficient (Wildman–Crippen LogP) is 4.21. The Bertz CT molecular complexity index is 1490. The summed E-state index contributed by atoms with van der Waals surface area (Å²) in [7, 11) is 0. The van der Waals surface area contributed by atoms with Crippen LogP contribution in [0.25, 0.3) is 0 Å². The van der Waals surface area contributed by atoms with E-state index in [1.165, 1.54) is 12.1 Å². The van der Waals surface area contributed by atoms with Gasteiger partial charge in [-0.05, 0) is 48.9 Å². The lowest BCUT2D eigenvalue weighted by molar-refractivity contribution is -0.154. The zero-order valence-corrected chi connectivity index (χ0v) is 20.8. The second kappa shape index (κ2) is 8.63. The molecule has 38 heavy (non-hydrogen) atoms. The van der Waals surface area contributed by atoms with E-state index in [4.69, 9.17) is 21.1 Å². The van der Waals surface area contributed by atoms with Gasteiger partial charge in [0.1, 0.15) is 5.92 Å². The van der Waals surface area contributed by atoms with E-state index in [1.807, 2.05) is 0 Å². The molecule has 0 N–H and O–H groups in total. The number of hydrogen-bond donors (Lipinski definition) is 0.